The maximum atomic E-state index is 12.8. The molecule has 1 aliphatic heterocycles. The summed E-state index contributed by atoms with van der Waals surface area (Å²) < 4.78 is 5.21. The zero-order valence-corrected chi connectivity index (χ0v) is 14.0. The molecule has 0 N–H and O–H groups in total. The third kappa shape index (κ3) is 3.24. The maximum Gasteiger partial charge on any atom is 0.254 e. The number of aryl methyl sites for hydroxylation is 2. The molecule has 3 rings (SSSR count). The average Bonchev–Trinajstić information content (AvgIpc) is 3.04. The lowest BCUT2D eigenvalue weighted by Crippen LogP contribution is -2.29. The third-order valence-corrected chi connectivity index (χ3v) is 4.67. The van der Waals surface area contributed by atoms with Gasteiger partial charge in [-0.25, -0.2) is 0 Å². The molecule has 0 aliphatic carbocycles. The summed E-state index contributed by atoms with van der Waals surface area (Å²) in [5, 5.41) is 0. The van der Waals surface area contributed by atoms with E-state index in [2.05, 4.69) is 25.1 Å². The molecule has 2 aromatic rings. The molecule has 1 heterocycles. The Morgan fingerprint density at radius 3 is 2.52 bits per heavy atom. The molecule has 1 unspecified atom stereocenters. The van der Waals surface area contributed by atoms with E-state index in [-0.39, 0.29) is 5.91 Å². The fourth-order valence-corrected chi connectivity index (χ4v) is 3.32. The summed E-state index contributed by atoms with van der Waals surface area (Å²) in [7, 11) is 1.68. The van der Waals surface area contributed by atoms with E-state index in [9.17, 15) is 4.79 Å². The molecule has 3 heteroatoms. The van der Waals surface area contributed by atoms with E-state index in [1.165, 1.54) is 11.1 Å². The molecule has 0 saturated carbocycles. The van der Waals surface area contributed by atoms with Crippen LogP contribution in [-0.4, -0.2) is 31.0 Å². The third-order valence-electron chi connectivity index (χ3n) is 4.67. The lowest BCUT2D eigenvalue weighted by atomic mass is 9.98. The number of nitrogens with zero attached hydrogens (tertiary/aromatic N) is 1. The fourth-order valence-electron chi connectivity index (χ4n) is 3.32. The Kier molecular flexibility index (Phi) is 4.37. The van der Waals surface area contributed by atoms with Gasteiger partial charge in [-0.3, -0.25) is 4.79 Å². The molecule has 0 spiro atoms. The van der Waals surface area contributed by atoms with Gasteiger partial charge < -0.3 is 9.64 Å². The van der Waals surface area contributed by atoms with Crippen molar-refractivity contribution in [3.8, 4) is 5.75 Å². The molecule has 3 nitrogen and oxygen atoms in total. The highest BCUT2D eigenvalue weighted by atomic mass is 16.5. The van der Waals surface area contributed by atoms with Crippen LogP contribution >= 0.6 is 0 Å². The van der Waals surface area contributed by atoms with E-state index >= 15 is 0 Å². The quantitative estimate of drug-likeness (QED) is 0.859. The Bertz CT molecular complexity index is 706. The molecule has 23 heavy (non-hydrogen) atoms. The van der Waals surface area contributed by atoms with E-state index in [0.29, 0.717) is 5.92 Å². The molecule has 1 aliphatic rings. The summed E-state index contributed by atoms with van der Waals surface area (Å²) in [4.78, 5) is 14.7. The second-order valence-corrected chi connectivity index (χ2v) is 6.33. The summed E-state index contributed by atoms with van der Waals surface area (Å²) in [6.07, 6.45) is 1.02. The summed E-state index contributed by atoms with van der Waals surface area (Å²) in [6, 6.07) is 14.2. The van der Waals surface area contributed by atoms with Crippen LogP contribution < -0.4 is 4.74 Å². The standard InChI is InChI=1S/C20H23NO2/c1-14-4-9-19(15(2)12-14)20(22)21-11-10-17(13-21)16-5-7-18(23-3)8-6-16/h4-9,12,17H,10-11,13H2,1-3H3. The lowest BCUT2D eigenvalue weighted by Gasteiger charge is -2.18. The zero-order chi connectivity index (χ0) is 16.4. The Hall–Kier alpha value is -2.29. The molecule has 1 amide bonds. The van der Waals surface area contributed by atoms with Gasteiger partial charge in [0.2, 0.25) is 0 Å². The molecule has 2 aromatic carbocycles. The van der Waals surface area contributed by atoms with Crippen LogP contribution in [0.5, 0.6) is 5.75 Å². The van der Waals surface area contributed by atoms with Crippen molar-refractivity contribution < 1.29 is 9.53 Å². The summed E-state index contributed by atoms with van der Waals surface area (Å²) in [5.41, 5.74) is 4.35. The SMILES string of the molecule is COc1ccc(C2CCN(C(=O)c3ccc(C)cc3C)C2)cc1. The second-order valence-electron chi connectivity index (χ2n) is 6.33. The van der Waals surface area contributed by atoms with Gasteiger partial charge in [0.05, 0.1) is 7.11 Å². The number of ether oxygens (including phenoxy) is 1. The van der Waals surface area contributed by atoms with Crippen molar-refractivity contribution in [2.45, 2.75) is 26.2 Å². The first-order valence-corrected chi connectivity index (χ1v) is 8.09. The monoisotopic (exact) mass is 309 g/mol. The molecule has 120 valence electrons. The van der Waals surface area contributed by atoms with E-state index in [4.69, 9.17) is 4.74 Å². The number of likely N-dealkylation sites (tertiary alicyclic amines) is 1. The Morgan fingerprint density at radius 1 is 1.13 bits per heavy atom. The van der Waals surface area contributed by atoms with Crippen molar-refractivity contribution in [3.05, 3.63) is 64.7 Å². The van der Waals surface area contributed by atoms with Crippen molar-refractivity contribution >= 4 is 5.91 Å². The molecule has 1 saturated heterocycles. The van der Waals surface area contributed by atoms with Crippen molar-refractivity contribution in [2.75, 3.05) is 20.2 Å². The summed E-state index contributed by atoms with van der Waals surface area (Å²) in [6.45, 7) is 5.68. The molecule has 0 aromatic heterocycles. The highest BCUT2D eigenvalue weighted by molar-refractivity contribution is 5.96. The molecule has 1 atom stereocenters. The van der Waals surface area contributed by atoms with Crippen LogP contribution in [0.1, 0.15) is 39.4 Å². The minimum atomic E-state index is 0.151. The normalized spacial score (nSPS) is 17.3. The van der Waals surface area contributed by atoms with Crippen LogP contribution in [0.15, 0.2) is 42.5 Å². The Morgan fingerprint density at radius 2 is 1.87 bits per heavy atom. The molecular weight excluding hydrogens is 286 g/mol. The number of rotatable bonds is 3. The van der Waals surface area contributed by atoms with E-state index < -0.39 is 0 Å². The minimum Gasteiger partial charge on any atom is -0.497 e. The number of benzene rings is 2. The predicted octanol–water partition coefficient (Wildman–Crippen LogP) is 3.94. The van der Waals surface area contributed by atoms with Gasteiger partial charge in [0.1, 0.15) is 5.75 Å². The van der Waals surface area contributed by atoms with Crippen LogP contribution in [0.25, 0.3) is 0 Å². The maximum absolute atomic E-state index is 12.8. The Labute approximate surface area is 137 Å². The van der Waals surface area contributed by atoms with Gasteiger partial charge in [0.25, 0.3) is 5.91 Å². The molecule has 0 bridgehead atoms. The van der Waals surface area contributed by atoms with Gasteiger partial charge in [-0.2, -0.15) is 0 Å². The van der Waals surface area contributed by atoms with Crippen LogP contribution in [0.2, 0.25) is 0 Å². The predicted molar refractivity (Wildman–Crippen MR) is 92.2 cm³/mol. The minimum absolute atomic E-state index is 0.151. The van der Waals surface area contributed by atoms with Gasteiger partial charge in [0, 0.05) is 24.6 Å². The van der Waals surface area contributed by atoms with E-state index in [1.807, 2.05) is 36.1 Å². The highest BCUT2D eigenvalue weighted by Gasteiger charge is 2.28. The van der Waals surface area contributed by atoms with Crippen molar-refractivity contribution in [3.63, 3.8) is 0 Å². The number of hydrogen-bond acceptors (Lipinski definition) is 2. The number of carbonyl (C=O) groups excluding carboxylic acids is 1. The lowest BCUT2D eigenvalue weighted by molar-refractivity contribution is 0.0790. The van der Waals surface area contributed by atoms with Crippen LogP contribution in [-0.2, 0) is 0 Å². The van der Waals surface area contributed by atoms with Gasteiger partial charge in [-0.05, 0) is 49.6 Å². The van der Waals surface area contributed by atoms with Gasteiger partial charge >= 0.3 is 0 Å². The number of methoxy groups -OCH3 is 1. The largest absolute Gasteiger partial charge is 0.497 e. The average molecular weight is 309 g/mol. The van der Waals surface area contributed by atoms with Crippen molar-refractivity contribution in [1.29, 1.82) is 0 Å². The highest BCUT2D eigenvalue weighted by Crippen LogP contribution is 2.29. The Balaban J connectivity index is 1.72. The second kappa shape index (κ2) is 6.45. The van der Waals surface area contributed by atoms with Crippen molar-refractivity contribution in [1.82, 2.24) is 4.90 Å². The van der Waals surface area contributed by atoms with Gasteiger partial charge in [-0.1, -0.05) is 29.8 Å². The summed E-state index contributed by atoms with van der Waals surface area (Å²) in [5.74, 6) is 1.43. The van der Waals surface area contributed by atoms with Crippen LogP contribution in [0.3, 0.4) is 0 Å². The molecule has 1 fully saturated rings. The zero-order valence-electron chi connectivity index (χ0n) is 14.0. The first kappa shape index (κ1) is 15.6. The van der Waals surface area contributed by atoms with E-state index in [0.717, 1.165) is 36.4 Å². The van der Waals surface area contributed by atoms with Gasteiger partial charge in [-0.15, -0.1) is 0 Å². The first-order chi connectivity index (χ1) is 11.1. The molecule has 0 radical (unpaired) electrons. The smallest absolute Gasteiger partial charge is 0.254 e. The van der Waals surface area contributed by atoms with Crippen LogP contribution in [0, 0.1) is 13.8 Å². The van der Waals surface area contributed by atoms with E-state index in [1.54, 1.807) is 7.11 Å². The molecular formula is C20H23NO2. The first-order valence-electron chi connectivity index (χ1n) is 8.09. The number of amides is 1. The fraction of sp³-hybridized carbons (Fsp3) is 0.350. The van der Waals surface area contributed by atoms with Gasteiger partial charge in [0.15, 0.2) is 0 Å². The topological polar surface area (TPSA) is 29.5 Å². The van der Waals surface area contributed by atoms with Crippen molar-refractivity contribution in [2.24, 2.45) is 0 Å². The number of carbonyl (C=O) groups is 1. The summed E-state index contributed by atoms with van der Waals surface area (Å²) >= 11 is 0. The number of hydrogen-bond donors (Lipinski definition) is 0. The van der Waals surface area contributed by atoms with Crippen LogP contribution in [0.4, 0.5) is 0 Å².